The highest BCUT2D eigenvalue weighted by atomic mass is 16.4. The van der Waals surface area contributed by atoms with Crippen molar-refractivity contribution in [2.45, 2.75) is 6.42 Å². The van der Waals surface area contributed by atoms with E-state index in [9.17, 15) is 9.59 Å². The van der Waals surface area contributed by atoms with E-state index < -0.39 is 5.97 Å². The van der Waals surface area contributed by atoms with Gasteiger partial charge in [0.25, 0.3) is 5.91 Å². The second-order valence-corrected chi connectivity index (χ2v) is 4.25. The fraction of sp³-hybridized carbons (Fsp3) is 0.385. The van der Waals surface area contributed by atoms with Crippen molar-refractivity contribution in [3.63, 3.8) is 0 Å². The molecule has 0 spiro atoms. The van der Waals surface area contributed by atoms with Crippen LogP contribution in [0.5, 0.6) is 0 Å². The van der Waals surface area contributed by atoms with E-state index in [4.69, 9.17) is 5.11 Å². The van der Waals surface area contributed by atoms with Gasteiger partial charge in [-0.2, -0.15) is 0 Å². The van der Waals surface area contributed by atoms with Gasteiger partial charge in [-0.3, -0.25) is 4.79 Å². The van der Waals surface area contributed by atoms with Crippen LogP contribution in [0.4, 0.5) is 0 Å². The van der Waals surface area contributed by atoms with Crippen LogP contribution >= 0.6 is 0 Å². The minimum Gasteiger partial charge on any atom is -0.478 e. The molecule has 0 aliphatic carbocycles. The van der Waals surface area contributed by atoms with Gasteiger partial charge in [-0.15, -0.1) is 0 Å². The number of carbonyl (C=O) groups excluding carboxylic acids is 1. The molecule has 1 aliphatic heterocycles. The molecule has 1 aliphatic rings. The number of hydrogen-bond donors (Lipinski definition) is 2. The van der Waals surface area contributed by atoms with Crippen LogP contribution in [0.2, 0.25) is 0 Å². The highest BCUT2D eigenvalue weighted by Gasteiger charge is 2.21. The Bertz CT molecular complexity index is 451. The van der Waals surface area contributed by atoms with Gasteiger partial charge < -0.3 is 15.3 Å². The molecule has 0 saturated carbocycles. The number of rotatable bonds is 2. The predicted molar refractivity (Wildman–Crippen MR) is 66.8 cm³/mol. The Hall–Kier alpha value is -1.88. The first-order valence-electron chi connectivity index (χ1n) is 6.02. The van der Waals surface area contributed by atoms with E-state index in [0.29, 0.717) is 13.1 Å². The molecule has 1 heterocycles. The molecule has 2 N–H and O–H groups in total. The van der Waals surface area contributed by atoms with Crippen LogP contribution in [0.1, 0.15) is 27.1 Å². The summed E-state index contributed by atoms with van der Waals surface area (Å²) in [7, 11) is 0. The number of carboxylic acids is 1. The fourth-order valence-electron chi connectivity index (χ4n) is 2.08. The maximum Gasteiger partial charge on any atom is 0.336 e. The van der Waals surface area contributed by atoms with Crippen LogP contribution in [0.25, 0.3) is 0 Å². The van der Waals surface area contributed by atoms with Crippen LogP contribution < -0.4 is 5.32 Å². The standard InChI is InChI=1S/C13H16N2O3/c16-12(15-8-3-6-14-7-9-15)10-4-1-2-5-11(10)13(17)18/h1-2,4-5,14H,3,6-9H2,(H,17,18). The number of carboxylic acid groups (broad SMARTS) is 1. The number of hydrogen-bond acceptors (Lipinski definition) is 3. The molecule has 18 heavy (non-hydrogen) atoms. The molecular weight excluding hydrogens is 232 g/mol. The minimum atomic E-state index is -1.06. The number of amides is 1. The topological polar surface area (TPSA) is 69.6 Å². The molecule has 5 heteroatoms. The van der Waals surface area contributed by atoms with Crippen LogP contribution in [0.3, 0.4) is 0 Å². The first-order valence-corrected chi connectivity index (χ1v) is 6.02. The van der Waals surface area contributed by atoms with Crippen molar-refractivity contribution in [2.75, 3.05) is 26.2 Å². The highest BCUT2D eigenvalue weighted by Crippen LogP contribution is 2.12. The van der Waals surface area contributed by atoms with Crippen molar-refractivity contribution in [1.82, 2.24) is 10.2 Å². The minimum absolute atomic E-state index is 0.0692. The lowest BCUT2D eigenvalue weighted by Gasteiger charge is -2.20. The molecule has 1 aromatic rings. The zero-order valence-corrected chi connectivity index (χ0v) is 10.1. The Labute approximate surface area is 105 Å². The molecule has 1 fully saturated rings. The second-order valence-electron chi connectivity index (χ2n) is 4.25. The summed E-state index contributed by atoms with van der Waals surface area (Å²) in [5.41, 5.74) is 0.339. The zero-order valence-electron chi connectivity index (χ0n) is 10.1. The normalized spacial score (nSPS) is 16.1. The molecule has 2 rings (SSSR count). The Morgan fingerprint density at radius 3 is 2.56 bits per heavy atom. The van der Waals surface area contributed by atoms with E-state index in [1.54, 1.807) is 23.1 Å². The largest absolute Gasteiger partial charge is 0.478 e. The quantitative estimate of drug-likeness (QED) is 0.813. The summed E-state index contributed by atoms with van der Waals surface area (Å²) < 4.78 is 0. The third-order valence-electron chi connectivity index (χ3n) is 3.02. The van der Waals surface area contributed by atoms with E-state index in [-0.39, 0.29) is 17.0 Å². The van der Waals surface area contributed by atoms with Crippen molar-refractivity contribution >= 4 is 11.9 Å². The lowest BCUT2D eigenvalue weighted by Crippen LogP contribution is -2.35. The van der Waals surface area contributed by atoms with Crippen LogP contribution in [0, 0.1) is 0 Å². The van der Waals surface area contributed by atoms with Crippen molar-refractivity contribution < 1.29 is 14.7 Å². The molecule has 0 atom stereocenters. The van der Waals surface area contributed by atoms with Gasteiger partial charge in [-0.1, -0.05) is 12.1 Å². The van der Waals surface area contributed by atoms with Crippen molar-refractivity contribution in [3.05, 3.63) is 35.4 Å². The van der Waals surface area contributed by atoms with E-state index in [1.165, 1.54) is 6.07 Å². The van der Waals surface area contributed by atoms with Gasteiger partial charge in [-0.05, 0) is 25.1 Å². The summed E-state index contributed by atoms with van der Waals surface area (Å²) >= 11 is 0. The predicted octanol–water partition coefficient (Wildman–Crippen LogP) is 0.820. The van der Waals surface area contributed by atoms with Gasteiger partial charge in [-0.25, -0.2) is 4.79 Å². The highest BCUT2D eigenvalue weighted by molar-refractivity contribution is 6.04. The number of benzene rings is 1. The van der Waals surface area contributed by atoms with E-state index in [1.807, 2.05) is 0 Å². The van der Waals surface area contributed by atoms with Crippen molar-refractivity contribution in [1.29, 1.82) is 0 Å². The summed E-state index contributed by atoms with van der Waals surface area (Å²) in [6.07, 6.45) is 0.890. The lowest BCUT2D eigenvalue weighted by atomic mass is 10.1. The molecule has 0 bridgehead atoms. The SMILES string of the molecule is O=C(O)c1ccccc1C(=O)N1CCCNCC1. The average molecular weight is 248 g/mol. The molecule has 5 nitrogen and oxygen atoms in total. The van der Waals surface area contributed by atoms with E-state index in [0.717, 1.165) is 19.5 Å². The molecule has 0 aromatic heterocycles. The first kappa shape index (κ1) is 12.6. The Morgan fingerprint density at radius 1 is 1.11 bits per heavy atom. The van der Waals surface area contributed by atoms with Gasteiger partial charge >= 0.3 is 5.97 Å². The first-order chi connectivity index (χ1) is 8.70. The maximum atomic E-state index is 12.3. The number of carbonyl (C=O) groups is 2. The summed E-state index contributed by atoms with van der Waals surface area (Å²) in [5.74, 6) is -1.26. The third-order valence-corrected chi connectivity index (χ3v) is 3.02. The van der Waals surface area contributed by atoms with E-state index in [2.05, 4.69) is 5.32 Å². The Balaban J connectivity index is 2.24. The fourth-order valence-corrected chi connectivity index (χ4v) is 2.08. The van der Waals surface area contributed by atoms with Crippen LogP contribution in [-0.2, 0) is 0 Å². The molecular formula is C13H16N2O3. The van der Waals surface area contributed by atoms with Gasteiger partial charge in [0.15, 0.2) is 0 Å². The van der Waals surface area contributed by atoms with Gasteiger partial charge in [0, 0.05) is 19.6 Å². The molecule has 96 valence electrons. The number of nitrogens with zero attached hydrogens (tertiary/aromatic N) is 1. The van der Waals surface area contributed by atoms with Gasteiger partial charge in [0.1, 0.15) is 0 Å². The number of nitrogens with one attached hydrogen (secondary N) is 1. The molecule has 1 aromatic carbocycles. The smallest absolute Gasteiger partial charge is 0.336 e. The van der Waals surface area contributed by atoms with Crippen molar-refractivity contribution in [2.24, 2.45) is 0 Å². The maximum absolute atomic E-state index is 12.3. The average Bonchev–Trinajstić information content (AvgIpc) is 2.66. The summed E-state index contributed by atoms with van der Waals surface area (Å²) in [6, 6.07) is 6.36. The summed E-state index contributed by atoms with van der Waals surface area (Å²) in [6.45, 7) is 2.93. The number of aromatic carboxylic acids is 1. The Kier molecular flexibility index (Phi) is 3.94. The molecule has 0 unspecified atom stereocenters. The van der Waals surface area contributed by atoms with E-state index >= 15 is 0 Å². The van der Waals surface area contributed by atoms with Gasteiger partial charge in [0.05, 0.1) is 11.1 Å². The Morgan fingerprint density at radius 2 is 1.83 bits per heavy atom. The molecule has 0 radical (unpaired) electrons. The summed E-state index contributed by atoms with van der Waals surface area (Å²) in [4.78, 5) is 25.1. The zero-order chi connectivity index (χ0) is 13.0. The second kappa shape index (κ2) is 5.64. The molecule has 1 amide bonds. The monoisotopic (exact) mass is 248 g/mol. The third kappa shape index (κ3) is 2.68. The van der Waals surface area contributed by atoms with Gasteiger partial charge in [0.2, 0.25) is 0 Å². The summed E-state index contributed by atoms with van der Waals surface area (Å²) in [5, 5.41) is 12.3. The van der Waals surface area contributed by atoms with Crippen LogP contribution in [0.15, 0.2) is 24.3 Å². The van der Waals surface area contributed by atoms with Crippen molar-refractivity contribution in [3.8, 4) is 0 Å². The van der Waals surface area contributed by atoms with Crippen LogP contribution in [-0.4, -0.2) is 48.1 Å². The lowest BCUT2D eigenvalue weighted by molar-refractivity contribution is 0.0677. The molecule has 1 saturated heterocycles.